The number of hydrogen-bond donors (Lipinski definition) is 1. The Hall–Kier alpha value is -2.15. The molecule has 0 aliphatic carbocycles. The van der Waals surface area contributed by atoms with Crippen LogP contribution in [0, 0.1) is 11.8 Å². The Morgan fingerprint density at radius 2 is 1.80 bits per heavy atom. The normalized spacial score (nSPS) is 19.4. The number of nitrogens with zero attached hydrogens (tertiary/aromatic N) is 3. The van der Waals surface area contributed by atoms with Crippen molar-refractivity contribution >= 4 is 27.7 Å². The van der Waals surface area contributed by atoms with Gasteiger partial charge in [0, 0.05) is 37.6 Å². The summed E-state index contributed by atoms with van der Waals surface area (Å²) >= 11 is 3.49. The molecule has 30 heavy (non-hydrogen) atoms. The molecule has 1 fully saturated rings. The number of carbonyl (C=O) groups excluding carboxylic acids is 2. The molecule has 2 amide bonds. The molecule has 2 aliphatic rings. The molecule has 0 saturated carbocycles. The summed E-state index contributed by atoms with van der Waals surface area (Å²) in [4.78, 5) is 26.4. The summed E-state index contributed by atoms with van der Waals surface area (Å²) in [6.45, 7) is 4.63. The number of amides is 2. The van der Waals surface area contributed by atoms with Gasteiger partial charge in [0.05, 0.1) is 17.5 Å². The van der Waals surface area contributed by atoms with E-state index in [1.165, 1.54) is 5.56 Å². The number of hydrogen-bond acceptors (Lipinski definition) is 3. The fourth-order valence-electron chi connectivity index (χ4n) is 4.60. The molecule has 0 spiro atoms. The number of rotatable bonds is 5. The van der Waals surface area contributed by atoms with Gasteiger partial charge in [-0.3, -0.25) is 14.3 Å². The second kappa shape index (κ2) is 9.33. The standard InChI is InChI=1S/C23H29BrN4O2/c1-16(29)25-14-19-8-11-28-22(13-19)21(15-26-28)23(30)27-9-6-18(7-10-27)12-17-2-4-20(24)5-3-17/h2-5,15,18-19H,6-14H2,1H3,(H,25,29). The third kappa shape index (κ3) is 4.94. The Labute approximate surface area is 186 Å². The largest absolute Gasteiger partial charge is 0.356 e. The Bertz CT molecular complexity index is 900. The molecule has 1 atom stereocenters. The second-order valence-electron chi connectivity index (χ2n) is 8.59. The fourth-order valence-corrected chi connectivity index (χ4v) is 4.87. The number of nitrogens with one attached hydrogen (secondary N) is 1. The van der Waals surface area contributed by atoms with Crippen molar-refractivity contribution in [3.8, 4) is 0 Å². The van der Waals surface area contributed by atoms with E-state index in [0.29, 0.717) is 18.4 Å². The zero-order valence-electron chi connectivity index (χ0n) is 17.4. The number of carbonyl (C=O) groups is 2. The molecule has 1 saturated heterocycles. The van der Waals surface area contributed by atoms with Crippen LogP contribution < -0.4 is 5.32 Å². The minimum absolute atomic E-state index is 0.00334. The van der Waals surface area contributed by atoms with Crippen molar-refractivity contribution in [2.24, 2.45) is 11.8 Å². The zero-order valence-corrected chi connectivity index (χ0v) is 19.0. The summed E-state index contributed by atoms with van der Waals surface area (Å²) in [5, 5.41) is 7.37. The van der Waals surface area contributed by atoms with Crippen LogP contribution in [0.4, 0.5) is 0 Å². The van der Waals surface area contributed by atoms with Crippen molar-refractivity contribution in [2.75, 3.05) is 19.6 Å². The van der Waals surface area contributed by atoms with E-state index in [1.807, 2.05) is 9.58 Å². The van der Waals surface area contributed by atoms with Gasteiger partial charge in [0.1, 0.15) is 0 Å². The minimum atomic E-state index is -0.00334. The van der Waals surface area contributed by atoms with E-state index in [2.05, 4.69) is 50.6 Å². The number of halogens is 1. The monoisotopic (exact) mass is 472 g/mol. The summed E-state index contributed by atoms with van der Waals surface area (Å²) in [6.07, 6.45) is 6.66. The van der Waals surface area contributed by atoms with E-state index in [0.717, 1.165) is 67.5 Å². The van der Waals surface area contributed by atoms with Gasteiger partial charge in [0.25, 0.3) is 5.91 Å². The lowest BCUT2D eigenvalue weighted by Gasteiger charge is -2.32. The minimum Gasteiger partial charge on any atom is -0.356 e. The van der Waals surface area contributed by atoms with E-state index in [1.54, 1.807) is 13.1 Å². The van der Waals surface area contributed by atoms with Crippen LogP contribution in [0.5, 0.6) is 0 Å². The van der Waals surface area contributed by atoms with Gasteiger partial charge in [-0.15, -0.1) is 0 Å². The lowest BCUT2D eigenvalue weighted by Crippen LogP contribution is -2.39. The third-order valence-corrected chi connectivity index (χ3v) is 6.92. The molecular formula is C23H29BrN4O2. The quantitative estimate of drug-likeness (QED) is 0.724. The van der Waals surface area contributed by atoms with E-state index in [9.17, 15) is 9.59 Å². The topological polar surface area (TPSA) is 67.2 Å². The van der Waals surface area contributed by atoms with E-state index < -0.39 is 0 Å². The van der Waals surface area contributed by atoms with Crippen LogP contribution in [0.1, 0.15) is 47.8 Å². The predicted molar refractivity (Wildman–Crippen MR) is 119 cm³/mol. The molecule has 3 heterocycles. The summed E-state index contributed by atoms with van der Waals surface area (Å²) in [6, 6.07) is 8.54. The maximum atomic E-state index is 13.2. The molecule has 6 nitrogen and oxygen atoms in total. The van der Waals surface area contributed by atoms with Crippen LogP contribution in [-0.4, -0.2) is 46.1 Å². The van der Waals surface area contributed by atoms with Crippen molar-refractivity contribution in [1.29, 1.82) is 0 Å². The highest BCUT2D eigenvalue weighted by Gasteiger charge is 2.29. The molecule has 7 heteroatoms. The molecule has 1 aromatic heterocycles. The predicted octanol–water partition coefficient (Wildman–Crippen LogP) is 3.44. The van der Waals surface area contributed by atoms with Crippen LogP contribution in [0.3, 0.4) is 0 Å². The highest BCUT2D eigenvalue weighted by molar-refractivity contribution is 9.10. The lowest BCUT2D eigenvalue weighted by molar-refractivity contribution is -0.119. The number of aryl methyl sites for hydroxylation is 1. The third-order valence-electron chi connectivity index (χ3n) is 6.39. The van der Waals surface area contributed by atoms with Gasteiger partial charge < -0.3 is 10.2 Å². The zero-order chi connectivity index (χ0) is 21.1. The number of likely N-dealkylation sites (tertiary alicyclic amines) is 1. The van der Waals surface area contributed by atoms with Crippen molar-refractivity contribution < 1.29 is 9.59 Å². The van der Waals surface area contributed by atoms with Crippen molar-refractivity contribution in [2.45, 2.75) is 45.6 Å². The first-order chi connectivity index (χ1) is 14.5. The first kappa shape index (κ1) is 21.1. The van der Waals surface area contributed by atoms with Gasteiger partial charge in [-0.1, -0.05) is 28.1 Å². The van der Waals surface area contributed by atoms with Gasteiger partial charge in [0.15, 0.2) is 0 Å². The molecule has 2 aliphatic heterocycles. The van der Waals surface area contributed by atoms with E-state index >= 15 is 0 Å². The number of piperidine rings is 1. The molecule has 1 N–H and O–H groups in total. The van der Waals surface area contributed by atoms with Gasteiger partial charge in [0.2, 0.25) is 5.91 Å². The molecule has 160 valence electrons. The highest BCUT2D eigenvalue weighted by Crippen LogP contribution is 2.27. The maximum Gasteiger partial charge on any atom is 0.257 e. The van der Waals surface area contributed by atoms with Crippen LogP contribution in [0.25, 0.3) is 0 Å². The second-order valence-corrected chi connectivity index (χ2v) is 9.51. The van der Waals surface area contributed by atoms with E-state index in [4.69, 9.17) is 0 Å². The average Bonchev–Trinajstić information content (AvgIpc) is 3.17. The number of aromatic nitrogens is 2. The van der Waals surface area contributed by atoms with Crippen molar-refractivity contribution in [3.05, 3.63) is 51.8 Å². The average molecular weight is 473 g/mol. The summed E-state index contributed by atoms with van der Waals surface area (Å²) in [5.74, 6) is 1.09. The van der Waals surface area contributed by atoms with Gasteiger partial charge >= 0.3 is 0 Å². The molecule has 2 aromatic rings. The van der Waals surface area contributed by atoms with Crippen LogP contribution in [0.2, 0.25) is 0 Å². The molecule has 1 aromatic carbocycles. The molecule has 0 bridgehead atoms. The Morgan fingerprint density at radius 1 is 1.10 bits per heavy atom. The summed E-state index contributed by atoms with van der Waals surface area (Å²) < 4.78 is 3.08. The number of benzene rings is 1. The fraction of sp³-hybridized carbons (Fsp3) is 0.522. The van der Waals surface area contributed by atoms with Crippen LogP contribution in [0.15, 0.2) is 34.9 Å². The Balaban J connectivity index is 1.34. The first-order valence-corrected chi connectivity index (χ1v) is 11.6. The van der Waals surface area contributed by atoms with Crippen molar-refractivity contribution in [1.82, 2.24) is 20.0 Å². The van der Waals surface area contributed by atoms with Crippen LogP contribution >= 0.6 is 15.9 Å². The lowest BCUT2D eigenvalue weighted by atomic mass is 9.89. The summed E-state index contributed by atoms with van der Waals surface area (Å²) in [7, 11) is 0. The van der Waals surface area contributed by atoms with Crippen LogP contribution in [-0.2, 0) is 24.2 Å². The molecule has 4 rings (SSSR count). The maximum absolute atomic E-state index is 13.2. The number of fused-ring (bicyclic) bond motifs is 1. The van der Waals surface area contributed by atoms with Gasteiger partial charge in [-0.05, 0) is 61.6 Å². The molecular weight excluding hydrogens is 444 g/mol. The van der Waals surface area contributed by atoms with Crippen molar-refractivity contribution in [3.63, 3.8) is 0 Å². The Kier molecular flexibility index (Phi) is 6.56. The van der Waals surface area contributed by atoms with Gasteiger partial charge in [-0.25, -0.2) is 0 Å². The highest BCUT2D eigenvalue weighted by atomic mass is 79.9. The molecule has 0 radical (unpaired) electrons. The first-order valence-electron chi connectivity index (χ1n) is 10.8. The molecule has 1 unspecified atom stereocenters. The SMILES string of the molecule is CC(=O)NCC1CCn2ncc(C(=O)N3CCC(Cc4ccc(Br)cc4)CC3)c2C1. The summed E-state index contributed by atoms with van der Waals surface area (Å²) in [5.41, 5.74) is 3.13. The van der Waals surface area contributed by atoms with E-state index in [-0.39, 0.29) is 11.8 Å². The smallest absolute Gasteiger partial charge is 0.257 e. The Morgan fingerprint density at radius 3 is 2.50 bits per heavy atom. The van der Waals surface area contributed by atoms with Gasteiger partial charge in [-0.2, -0.15) is 5.10 Å².